The van der Waals surface area contributed by atoms with Crippen LogP contribution in [0.25, 0.3) is 0 Å². The molecule has 126 valence electrons. The molecule has 3 nitrogen and oxygen atoms in total. The molecule has 3 heteroatoms. The van der Waals surface area contributed by atoms with Gasteiger partial charge in [0, 0.05) is 19.6 Å². The lowest BCUT2D eigenvalue weighted by Gasteiger charge is -2.28. The smallest absolute Gasteiger partial charge is 0.0667 e. The largest absolute Gasteiger partial charge is 0.392 e. The van der Waals surface area contributed by atoms with Crippen LogP contribution in [0, 0.1) is 0 Å². The Hall–Kier alpha value is -0.120. The fourth-order valence-corrected chi connectivity index (χ4v) is 3.04. The van der Waals surface area contributed by atoms with Crippen molar-refractivity contribution in [1.82, 2.24) is 4.90 Å². The van der Waals surface area contributed by atoms with E-state index >= 15 is 0 Å². The predicted molar refractivity (Wildman–Crippen MR) is 89.7 cm³/mol. The Morgan fingerprint density at radius 2 is 1.38 bits per heavy atom. The van der Waals surface area contributed by atoms with Crippen molar-refractivity contribution in [2.45, 2.75) is 83.7 Å². The monoisotopic (exact) mass is 299 g/mol. The molecule has 1 aliphatic rings. The maximum absolute atomic E-state index is 10.0. The molecule has 1 rings (SSSR count). The van der Waals surface area contributed by atoms with Gasteiger partial charge in [-0.15, -0.1) is 0 Å². The van der Waals surface area contributed by atoms with Crippen LogP contribution in [0.3, 0.4) is 0 Å². The van der Waals surface area contributed by atoms with Gasteiger partial charge >= 0.3 is 0 Å². The van der Waals surface area contributed by atoms with E-state index in [9.17, 15) is 5.11 Å². The van der Waals surface area contributed by atoms with E-state index in [0.717, 1.165) is 39.3 Å². The SMILES string of the molecule is CCCCCCCCCCCCC(O)CN1CCOCC1. The summed E-state index contributed by atoms with van der Waals surface area (Å²) in [4.78, 5) is 2.32. The Morgan fingerprint density at radius 1 is 0.857 bits per heavy atom. The van der Waals surface area contributed by atoms with Crippen LogP contribution in [0.1, 0.15) is 77.6 Å². The first-order valence-electron chi connectivity index (χ1n) is 9.31. The zero-order valence-corrected chi connectivity index (χ0v) is 14.2. The summed E-state index contributed by atoms with van der Waals surface area (Å²) in [7, 11) is 0. The molecule has 0 bridgehead atoms. The number of hydrogen-bond donors (Lipinski definition) is 1. The van der Waals surface area contributed by atoms with Gasteiger partial charge in [-0.25, -0.2) is 0 Å². The van der Waals surface area contributed by atoms with Crippen molar-refractivity contribution in [2.75, 3.05) is 32.8 Å². The Kier molecular flexibility index (Phi) is 12.2. The number of unbranched alkanes of at least 4 members (excludes halogenated alkanes) is 9. The van der Waals surface area contributed by atoms with Crippen LogP contribution in [-0.4, -0.2) is 49.0 Å². The number of morpholine rings is 1. The third-order valence-electron chi connectivity index (χ3n) is 4.46. The first-order chi connectivity index (χ1) is 10.3. The quantitative estimate of drug-likeness (QED) is 0.522. The second-order valence-electron chi connectivity index (χ2n) is 6.54. The lowest BCUT2D eigenvalue weighted by atomic mass is 10.0. The number of hydrogen-bond acceptors (Lipinski definition) is 3. The van der Waals surface area contributed by atoms with E-state index in [-0.39, 0.29) is 6.10 Å². The van der Waals surface area contributed by atoms with Gasteiger partial charge in [-0.2, -0.15) is 0 Å². The molecule has 0 amide bonds. The highest BCUT2D eigenvalue weighted by Crippen LogP contribution is 2.12. The molecule has 0 saturated carbocycles. The number of aliphatic hydroxyl groups excluding tert-OH is 1. The third kappa shape index (κ3) is 11.1. The van der Waals surface area contributed by atoms with Crippen molar-refractivity contribution in [3.8, 4) is 0 Å². The summed E-state index contributed by atoms with van der Waals surface area (Å²) in [6, 6.07) is 0. The van der Waals surface area contributed by atoms with E-state index in [1.165, 1.54) is 64.2 Å². The lowest BCUT2D eigenvalue weighted by molar-refractivity contribution is 0.0127. The fourth-order valence-electron chi connectivity index (χ4n) is 3.04. The van der Waals surface area contributed by atoms with Crippen LogP contribution >= 0.6 is 0 Å². The molecule has 0 radical (unpaired) electrons. The maximum Gasteiger partial charge on any atom is 0.0667 e. The van der Waals surface area contributed by atoms with Crippen molar-refractivity contribution in [1.29, 1.82) is 0 Å². The Balaban J connectivity index is 1.80. The molecule has 1 fully saturated rings. The van der Waals surface area contributed by atoms with Gasteiger partial charge in [-0.1, -0.05) is 71.1 Å². The van der Waals surface area contributed by atoms with Gasteiger partial charge in [0.2, 0.25) is 0 Å². The molecule has 1 unspecified atom stereocenters. The van der Waals surface area contributed by atoms with Crippen molar-refractivity contribution in [3.05, 3.63) is 0 Å². The molecular weight excluding hydrogens is 262 g/mol. The number of aliphatic hydroxyl groups is 1. The van der Waals surface area contributed by atoms with E-state index in [1.807, 2.05) is 0 Å². The minimum absolute atomic E-state index is 0.142. The molecule has 0 aromatic carbocycles. The van der Waals surface area contributed by atoms with Crippen LogP contribution in [0.5, 0.6) is 0 Å². The van der Waals surface area contributed by atoms with Crippen molar-refractivity contribution in [2.24, 2.45) is 0 Å². The van der Waals surface area contributed by atoms with Crippen molar-refractivity contribution in [3.63, 3.8) is 0 Å². The van der Waals surface area contributed by atoms with Gasteiger partial charge in [-0.3, -0.25) is 4.90 Å². The summed E-state index contributed by atoms with van der Waals surface area (Å²) >= 11 is 0. The molecular formula is C18H37NO2. The van der Waals surface area contributed by atoms with Gasteiger partial charge in [0.1, 0.15) is 0 Å². The summed E-state index contributed by atoms with van der Waals surface area (Å²) in [5, 5.41) is 10.0. The van der Waals surface area contributed by atoms with Crippen LogP contribution in [0.15, 0.2) is 0 Å². The maximum atomic E-state index is 10.0. The van der Waals surface area contributed by atoms with Crippen molar-refractivity contribution < 1.29 is 9.84 Å². The van der Waals surface area contributed by atoms with E-state index in [1.54, 1.807) is 0 Å². The van der Waals surface area contributed by atoms with Crippen molar-refractivity contribution >= 4 is 0 Å². The third-order valence-corrected chi connectivity index (χ3v) is 4.46. The number of nitrogens with zero attached hydrogens (tertiary/aromatic N) is 1. The minimum atomic E-state index is -0.142. The van der Waals surface area contributed by atoms with Crippen LogP contribution in [-0.2, 0) is 4.74 Å². The standard InChI is InChI=1S/C18H37NO2/c1-2-3-4-5-6-7-8-9-10-11-12-18(20)17-19-13-15-21-16-14-19/h18,20H,2-17H2,1H3. The fraction of sp³-hybridized carbons (Fsp3) is 1.00. The average Bonchev–Trinajstić information content (AvgIpc) is 2.50. The summed E-state index contributed by atoms with van der Waals surface area (Å²) in [5.41, 5.74) is 0. The topological polar surface area (TPSA) is 32.7 Å². The van der Waals surface area contributed by atoms with Gasteiger partial charge in [0.05, 0.1) is 19.3 Å². The number of rotatable bonds is 13. The van der Waals surface area contributed by atoms with Crippen LogP contribution in [0.4, 0.5) is 0 Å². The first-order valence-corrected chi connectivity index (χ1v) is 9.31. The van der Waals surface area contributed by atoms with Crippen LogP contribution in [0.2, 0.25) is 0 Å². The molecule has 0 aliphatic carbocycles. The van der Waals surface area contributed by atoms with Gasteiger partial charge < -0.3 is 9.84 Å². The van der Waals surface area contributed by atoms with E-state index in [0.29, 0.717) is 0 Å². The lowest BCUT2D eigenvalue weighted by Crippen LogP contribution is -2.40. The summed E-state index contributed by atoms with van der Waals surface area (Å²) < 4.78 is 5.32. The normalized spacial score (nSPS) is 18.0. The molecule has 0 aromatic rings. The second-order valence-corrected chi connectivity index (χ2v) is 6.54. The Labute approximate surface area is 132 Å². The Bertz CT molecular complexity index is 217. The van der Waals surface area contributed by atoms with Gasteiger partial charge in [0.25, 0.3) is 0 Å². The summed E-state index contributed by atoms with van der Waals surface area (Å²) in [6.45, 7) is 6.72. The molecule has 1 N–H and O–H groups in total. The molecule has 1 saturated heterocycles. The predicted octanol–water partition coefficient (Wildman–Crippen LogP) is 3.99. The van der Waals surface area contributed by atoms with E-state index in [2.05, 4.69) is 11.8 Å². The summed E-state index contributed by atoms with van der Waals surface area (Å²) in [6.07, 6.45) is 14.4. The number of β-amino-alcohol motifs (C(OH)–C–C–N with tert-alkyl or cyclic N) is 1. The zero-order valence-electron chi connectivity index (χ0n) is 14.2. The highest BCUT2D eigenvalue weighted by molar-refractivity contribution is 4.67. The van der Waals surface area contributed by atoms with E-state index < -0.39 is 0 Å². The molecule has 1 atom stereocenters. The zero-order chi connectivity index (χ0) is 15.2. The van der Waals surface area contributed by atoms with E-state index in [4.69, 9.17) is 4.74 Å². The van der Waals surface area contributed by atoms with Crippen LogP contribution < -0.4 is 0 Å². The summed E-state index contributed by atoms with van der Waals surface area (Å²) in [5.74, 6) is 0. The highest BCUT2D eigenvalue weighted by atomic mass is 16.5. The highest BCUT2D eigenvalue weighted by Gasteiger charge is 2.14. The molecule has 0 aromatic heterocycles. The van der Waals surface area contributed by atoms with Gasteiger partial charge in [0.15, 0.2) is 0 Å². The second kappa shape index (κ2) is 13.5. The minimum Gasteiger partial charge on any atom is -0.392 e. The first kappa shape index (κ1) is 18.9. The molecule has 0 spiro atoms. The molecule has 21 heavy (non-hydrogen) atoms. The average molecular weight is 299 g/mol. The molecule has 1 aliphatic heterocycles. The Morgan fingerprint density at radius 3 is 1.95 bits per heavy atom. The number of ether oxygens (including phenoxy) is 1. The molecule has 1 heterocycles. The van der Waals surface area contributed by atoms with Gasteiger partial charge in [-0.05, 0) is 6.42 Å².